The predicted molar refractivity (Wildman–Crippen MR) is 81.0 cm³/mol. The van der Waals surface area contributed by atoms with E-state index in [1.807, 2.05) is 0 Å². The first-order valence-electron chi connectivity index (χ1n) is 7.52. The number of hydrogen-bond acceptors (Lipinski definition) is 5. The van der Waals surface area contributed by atoms with Gasteiger partial charge in [-0.3, -0.25) is 9.59 Å². The summed E-state index contributed by atoms with van der Waals surface area (Å²) in [5.41, 5.74) is 0.601. The quantitative estimate of drug-likeness (QED) is 0.762. The Hall–Kier alpha value is -2.57. The van der Waals surface area contributed by atoms with Crippen LogP contribution in [0, 0.1) is 0 Å². The Kier molecular flexibility index (Phi) is 4.18. The standard InChI is InChI=1S/C16H18N2O5/c1-22-16(21)13-9-18(11-5-2-3-6-12(11)23-13)15(20)10-17-8-4-7-14(17)19/h2-3,5-6,13H,4,7-10H2,1H3/t13-/m0/s1. The number of para-hydroxylation sites is 2. The van der Waals surface area contributed by atoms with Crippen LogP contribution >= 0.6 is 0 Å². The molecule has 0 N–H and O–H groups in total. The number of benzene rings is 1. The van der Waals surface area contributed by atoms with E-state index in [1.165, 1.54) is 12.0 Å². The van der Waals surface area contributed by atoms with Crippen LogP contribution in [0.15, 0.2) is 24.3 Å². The summed E-state index contributed by atoms with van der Waals surface area (Å²) in [6.07, 6.45) is 0.391. The third-order valence-corrected chi connectivity index (χ3v) is 4.04. The average molecular weight is 318 g/mol. The fraction of sp³-hybridized carbons (Fsp3) is 0.438. The number of esters is 1. The zero-order valence-corrected chi connectivity index (χ0v) is 12.9. The molecule has 1 saturated heterocycles. The number of fused-ring (bicyclic) bond motifs is 1. The van der Waals surface area contributed by atoms with Crippen LogP contribution in [-0.2, 0) is 19.1 Å². The van der Waals surface area contributed by atoms with Gasteiger partial charge in [0, 0.05) is 13.0 Å². The third-order valence-electron chi connectivity index (χ3n) is 4.04. The van der Waals surface area contributed by atoms with Gasteiger partial charge in [-0.05, 0) is 18.6 Å². The second-order valence-corrected chi connectivity index (χ2v) is 5.52. The van der Waals surface area contributed by atoms with Crippen molar-refractivity contribution in [3.05, 3.63) is 24.3 Å². The van der Waals surface area contributed by atoms with Gasteiger partial charge >= 0.3 is 5.97 Å². The van der Waals surface area contributed by atoms with E-state index >= 15 is 0 Å². The van der Waals surface area contributed by atoms with Crippen LogP contribution in [0.2, 0.25) is 0 Å². The third kappa shape index (κ3) is 2.99. The Morgan fingerprint density at radius 1 is 1.35 bits per heavy atom. The smallest absolute Gasteiger partial charge is 0.348 e. The molecule has 0 bridgehead atoms. The number of carbonyl (C=O) groups is 3. The lowest BCUT2D eigenvalue weighted by atomic mass is 10.2. The monoisotopic (exact) mass is 318 g/mol. The minimum absolute atomic E-state index is 0.00980. The van der Waals surface area contributed by atoms with Crippen molar-refractivity contribution in [2.45, 2.75) is 18.9 Å². The summed E-state index contributed by atoms with van der Waals surface area (Å²) in [5, 5.41) is 0. The molecule has 1 fully saturated rings. The number of rotatable bonds is 3. The molecule has 23 heavy (non-hydrogen) atoms. The minimum Gasteiger partial charge on any atom is -0.475 e. The molecule has 1 aromatic carbocycles. The highest BCUT2D eigenvalue weighted by Crippen LogP contribution is 2.33. The van der Waals surface area contributed by atoms with Crippen molar-refractivity contribution in [1.29, 1.82) is 0 Å². The lowest BCUT2D eigenvalue weighted by Crippen LogP contribution is -2.50. The Bertz CT molecular complexity index is 645. The molecule has 3 rings (SSSR count). The Labute approximate surface area is 133 Å². The maximum Gasteiger partial charge on any atom is 0.348 e. The zero-order chi connectivity index (χ0) is 16.4. The summed E-state index contributed by atoms with van der Waals surface area (Å²) in [4.78, 5) is 39.2. The molecule has 0 spiro atoms. The highest BCUT2D eigenvalue weighted by atomic mass is 16.6. The Balaban J connectivity index is 1.82. The first-order chi connectivity index (χ1) is 11.1. The molecular weight excluding hydrogens is 300 g/mol. The molecule has 2 heterocycles. The summed E-state index contributed by atoms with van der Waals surface area (Å²) in [7, 11) is 1.28. The largest absolute Gasteiger partial charge is 0.475 e. The fourth-order valence-corrected chi connectivity index (χ4v) is 2.84. The molecule has 0 radical (unpaired) electrons. The van der Waals surface area contributed by atoms with Gasteiger partial charge in [-0.1, -0.05) is 12.1 Å². The van der Waals surface area contributed by atoms with E-state index < -0.39 is 12.1 Å². The Morgan fingerprint density at radius 3 is 2.83 bits per heavy atom. The van der Waals surface area contributed by atoms with Crippen molar-refractivity contribution in [1.82, 2.24) is 4.90 Å². The lowest BCUT2D eigenvalue weighted by molar-refractivity contribution is -0.148. The number of methoxy groups -OCH3 is 1. The summed E-state index contributed by atoms with van der Waals surface area (Å²) in [6, 6.07) is 7.02. The summed E-state index contributed by atoms with van der Waals surface area (Å²) in [5.74, 6) is -0.320. The van der Waals surface area contributed by atoms with Gasteiger partial charge in [0.15, 0.2) is 0 Å². The van der Waals surface area contributed by atoms with Crippen LogP contribution in [0.5, 0.6) is 5.75 Å². The van der Waals surface area contributed by atoms with Crippen molar-refractivity contribution in [3.63, 3.8) is 0 Å². The molecule has 0 unspecified atom stereocenters. The lowest BCUT2D eigenvalue weighted by Gasteiger charge is -2.34. The molecule has 122 valence electrons. The second kappa shape index (κ2) is 6.28. The molecule has 2 aliphatic heterocycles. The predicted octanol–water partition coefficient (Wildman–Crippen LogP) is 0.576. The summed E-state index contributed by atoms with van der Waals surface area (Å²) < 4.78 is 10.3. The van der Waals surface area contributed by atoms with Gasteiger partial charge in [0.2, 0.25) is 17.9 Å². The van der Waals surface area contributed by atoms with Gasteiger partial charge in [-0.25, -0.2) is 4.79 Å². The molecule has 2 aliphatic rings. The second-order valence-electron chi connectivity index (χ2n) is 5.52. The van der Waals surface area contributed by atoms with Crippen molar-refractivity contribution in [2.75, 3.05) is 31.6 Å². The van der Waals surface area contributed by atoms with E-state index in [-0.39, 0.29) is 24.9 Å². The van der Waals surface area contributed by atoms with E-state index in [1.54, 1.807) is 29.2 Å². The molecule has 0 aliphatic carbocycles. The van der Waals surface area contributed by atoms with Gasteiger partial charge < -0.3 is 19.3 Å². The minimum atomic E-state index is -0.867. The molecule has 1 atom stereocenters. The molecule has 2 amide bonds. The fourth-order valence-electron chi connectivity index (χ4n) is 2.84. The van der Waals surface area contributed by atoms with Crippen LogP contribution in [-0.4, -0.2) is 55.5 Å². The van der Waals surface area contributed by atoms with Gasteiger partial charge in [-0.15, -0.1) is 0 Å². The van der Waals surface area contributed by atoms with Crippen LogP contribution in [0.25, 0.3) is 0 Å². The normalized spacial score (nSPS) is 20.0. The van der Waals surface area contributed by atoms with Gasteiger partial charge in [0.25, 0.3) is 0 Å². The van der Waals surface area contributed by atoms with Crippen molar-refractivity contribution in [2.24, 2.45) is 0 Å². The molecule has 0 aromatic heterocycles. The number of anilines is 1. The maximum absolute atomic E-state index is 12.6. The van der Waals surface area contributed by atoms with Crippen LogP contribution in [0.1, 0.15) is 12.8 Å². The first-order valence-corrected chi connectivity index (χ1v) is 7.52. The number of nitrogens with zero attached hydrogens (tertiary/aromatic N) is 2. The summed E-state index contributed by atoms with van der Waals surface area (Å²) in [6.45, 7) is 0.683. The SMILES string of the molecule is COC(=O)[C@@H]1CN(C(=O)CN2CCCC2=O)c2ccccc2O1. The molecule has 7 heteroatoms. The highest BCUT2D eigenvalue weighted by Gasteiger charge is 2.35. The van der Waals surface area contributed by atoms with Crippen LogP contribution < -0.4 is 9.64 Å². The number of ether oxygens (including phenoxy) is 2. The van der Waals surface area contributed by atoms with Gasteiger partial charge in [0.1, 0.15) is 12.3 Å². The van der Waals surface area contributed by atoms with E-state index in [0.717, 1.165) is 6.42 Å². The Morgan fingerprint density at radius 2 is 2.13 bits per heavy atom. The van der Waals surface area contributed by atoms with E-state index in [4.69, 9.17) is 9.47 Å². The first kappa shape index (κ1) is 15.3. The van der Waals surface area contributed by atoms with Crippen LogP contribution in [0.4, 0.5) is 5.69 Å². The number of likely N-dealkylation sites (tertiary alicyclic amines) is 1. The topological polar surface area (TPSA) is 76.2 Å². The van der Waals surface area contributed by atoms with E-state index in [0.29, 0.717) is 24.4 Å². The maximum atomic E-state index is 12.6. The molecule has 7 nitrogen and oxygen atoms in total. The highest BCUT2D eigenvalue weighted by molar-refractivity contribution is 5.99. The zero-order valence-electron chi connectivity index (χ0n) is 12.9. The number of hydrogen-bond donors (Lipinski definition) is 0. The number of amides is 2. The van der Waals surface area contributed by atoms with E-state index in [2.05, 4.69) is 0 Å². The van der Waals surface area contributed by atoms with Gasteiger partial charge in [0.05, 0.1) is 19.3 Å². The molecular formula is C16H18N2O5. The molecule has 0 saturated carbocycles. The van der Waals surface area contributed by atoms with Crippen LogP contribution in [0.3, 0.4) is 0 Å². The van der Waals surface area contributed by atoms with Crippen molar-refractivity contribution in [3.8, 4) is 5.75 Å². The summed E-state index contributed by atoms with van der Waals surface area (Å²) >= 11 is 0. The van der Waals surface area contributed by atoms with Crippen molar-refractivity contribution >= 4 is 23.5 Å². The molecule has 1 aromatic rings. The number of carbonyl (C=O) groups excluding carboxylic acids is 3. The van der Waals surface area contributed by atoms with Crippen molar-refractivity contribution < 1.29 is 23.9 Å². The van der Waals surface area contributed by atoms with Gasteiger partial charge in [-0.2, -0.15) is 0 Å². The van der Waals surface area contributed by atoms with E-state index in [9.17, 15) is 14.4 Å². The average Bonchev–Trinajstić information content (AvgIpc) is 2.97.